The first-order chi connectivity index (χ1) is 7.61. The van der Waals surface area contributed by atoms with E-state index in [-0.39, 0.29) is 11.4 Å². The second kappa shape index (κ2) is 8.97. The Balaban J connectivity index is 0.000000325. The number of hydrogen-bond acceptors (Lipinski definition) is 3. The summed E-state index contributed by atoms with van der Waals surface area (Å²) in [5, 5.41) is 18.8. The molecule has 1 N–H and O–H groups in total. The van der Waals surface area contributed by atoms with E-state index in [9.17, 15) is 10.1 Å². The highest BCUT2D eigenvalue weighted by Gasteiger charge is 2.01. The molecule has 0 radical (unpaired) electrons. The number of rotatable bonds is 4. The summed E-state index contributed by atoms with van der Waals surface area (Å²) in [5.41, 5.74) is -0.0159. The van der Waals surface area contributed by atoms with E-state index in [0.29, 0.717) is 0 Å². The Morgan fingerprint density at radius 1 is 1.31 bits per heavy atom. The normalized spacial score (nSPS) is 9.12. The van der Waals surface area contributed by atoms with Gasteiger partial charge in [-0.1, -0.05) is 19.8 Å². The van der Waals surface area contributed by atoms with E-state index in [2.05, 4.69) is 6.92 Å². The molecule has 0 unspecified atom stereocenters. The van der Waals surface area contributed by atoms with E-state index < -0.39 is 4.92 Å². The molecule has 16 heavy (non-hydrogen) atoms. The molecule has 1 aromatic rings. The minimum absolute atomic E-state index is 0.0159. The summed E-state index contributed by atoms with van der Waals surface area (Å²) in [5.74, 6) is 0.860. The molecule has 1 rings (SSSR count). The summed E-state index contributed by atoms with van der Waals surface area (Å²) >= 11 is 5.38. The average molecular weight is 246 g/mol. The number of alkyl halides is 1. The van der Waals surface area contributed by atoms with Crippen molar-refractivity contribution in [3.63, 3.8) is 0 Å². The van der Waals surface area contributed by atoms with Gasteiger partial charge in [-0.05, 0) is 18.6 Å². The third-order valence-electron chi connectivity index (χ3n) is 1.80. The molecule has 0 atom stereocenters. The van der Waals surface area contributed by atoms with Crippen molar-refractivity contribution < 1.29 is 10.0 Å². The van der Waals surface area contributed by atoms with Crippen LogP contribution in [0.1, 0.15) is 26.2 Å². The van der Waals surface area contributed by atoms with Gasteiger partial charge >= 0.3 is 0 Å². The van der Waals surface area contributed by atoms with Crippen LogP contribution in [-0.2, 0) is 0 Å². The molecule has 0 bridgehead atoms. The largest absolute Gasteiger partial charge is 0.508 e. The van der Waals surface area contributed by atoms with Crippen molar-refractivity contribution in [3.8, 4) is 5.75 Å². The summed E-state index contributed by atoms with van der Waals surface area (Å²) in [6.07, 6.45) is 3.73. The average Bonchev–Trinajstić information content (AvgIpc) is 2.28. The molecule has 0 aromatic heterocycles. The van der Waals surface area contributed by atoms with Gasteiger partial charge in [0.2, 0.25) is 0 Å². The molecule has 0 aliphatic heterocycles. The molecule has 0 aliphatic rings. The molecule has 5 heteroatoms. The number of hydrogen-bond donors (Lipinski definition) is 1. The zero-order valence-electron chi connectivity index (χ0n) is 9.23. The summed E-state index contributed by atoms with van der Waals surface area (Å²) in [6.45, 7) is 2.17. The molecule has 0 aliphatic carbocycles. The van der Waals surface area contributed by atoms with Crippen LogP contribution >= 0.6 is 11.6 Å². The highest BCUT2D eigenvalue weighted by atomic mass is 35.5. The summed E-state index contributed by atoms with van der Waals surface area (Å²) in [7, 11) is 0. The van der Waals surface area contributed by atoms with Crippen molar-refractivity contribution in [1.82, 2.24) is 0 Å². The van der Waals surface area contributed by atoms with Crippen LogP contribution in [0.15, 0.2) is 24.3 Å². The molecule has 90 valence electrons. The number of phenolic OH excluding ortho intramolecular Hbond substituents is 1. The lowest BCUT2D eigenvalue weighted by Gasteiger charge is -1.89. The van der Waals surface area contributed by atoms with Gasteiger partial charge in [0.1, 0.15) is 5.75 Å². The van der Waals surface area contributed by atoms with E-state index in [1.54, 1.807) is 0 Å². The molecule has 0 spiro atoms. The highest BCUT2D eigenvalue weighted by molar-refractivity contribution is 6.17. The number of halogens is 1. The molecular weight excluding hydrogens is 230 g/mol. The zero-order valence-corrected chi connectivity index (χ0v) is 9.98. The first-order valence-corrected chi connectivity index (χ1v) is 5.64. The molecule has 0 saturated carbocycles. The van der Waals surface area contributed by atoms with Crippen LogP contribution in [0, 0.1) is 10.1 Å². The maximum Gasteiger partial charge on any atom is 0.269 e. The number of nitrogens with zero attached hydrogens (tertiary/aromatic N) is 1. The molecule has 0 amide bonds. The lowest BCUT2D eigenvalue weighted by Crippen LogP contribution is -1.85. The monoisotopic (exact) mass is 245 g/mol. The Labute approximate surface area is 100 Å². The van der Waals surface area contributed by atoms with Gasteiger partial charge in [0.25, 0.3) is 5.69 Å². The van der Waals surface area contributed by atoms with Gasteiger partial charge in [0.15, 0.2) is 0 Å². The lowest BCUT2D eigenvalue weighted by molar-refractivity contribution is -0.384. The molecule has 4 nitrogen and oxygen atoms in total. The molecule has 0 heterocycles. The van der Waals surface area contributed by atoms with Crippen molar-refractivity contribution in [1.29, 1.82) is 0 Å². The maximum atomic E-state index is 10.0. The van der Waals surface area contributed by atoms with Crippen LogP contribution in [0.3, 0.4) is 0 Å². The number of aromatic hydroxyl groups is 1. The number of non-ortho nitro benzene ring substituents is 1. The van der Waals surface area contributed by atoms with E-state index >= 15 is 0 Å². The smallest absolute Gasteiger partial charge is 0.269 e. The lowest BCUT2D eigenvalue weighted by atomic mass is 10.3. The highest BCUT2D eigenvalue weighted by Crippen LogP contribution is 2.14. The van der Waals surface area contributed by atoms with Gasteiger partial charge < -0.3 is 5.11 Å². The first-order valence-electron chi connectivity index (χ1n) is 5.11. The zero-order chi connectivity index (χ0) is 12.4. The minimum atomic E-state index is -0.514. The predicted molar refractivity (Wildman–Crippen MR) is 65.0 cm³/mol. The van der Waals surface area contributed by atoms with Gasteiger partial charge in [0.05, 0.1) is 4.92 Å². The van der Waals surface area contributed by atoms with Gasteiger partial charge in [0, 0.05) is 18.0 Å². The fourth-order valence-electron chi connectivity index (χ4n) is 0.919. The quantitative estimate of drug-likeness (QED) is 0.381. The number of phenols is 1. The Morgan fingerprint density at radius 2 is 1.88 bits per heavy atom. The van der Waals surface area contributed by atoms with E-state index in [4.69, 9.17) is 16.7 Å². The molecule has 1 aromatic carbocycles. The van der Waals surface area contributed by atoms with Crippen LogP contribution in [0.2, 0.25) is 0 Å². The van der Waals surface area contributed by atoms with E-state index in [1.165, 1.54) is 43.5 Å². The van der Waals surface area contributed by atoms with E-state index in [1.807, 2.05) is 0 Å². The van der Waals surface area contributed by atoms with Gasteiger partial charge in [-0.3, -0.25) is 10.1 Å². The first kappa shape index (κ1) is 14.7. The van der Waals surface area contributed by atoms with Crippen LogP contribution in [-0.4, -0.2) is 15.9 Å². The van der Waals surface area contributed by atoms with Crippen molar-refractivity contribution in [2.24, 2.45) is 0 Å². The van der Waals surface area contributed by atoms with Gasteiger partial charge in [-0.2, -0.15) is 0 Å². The van der Waals surface area contributed by atoms with Gasteiger partial charge in [-0.25, -0.2) is 0 Å². The number of nitro groups is 1. The summed E-state index contributed by atoms with van der Waals surface area (Å²) in [4.78, 5) is 9.52. The van der Waals surface area contributed by atoms with Crippen molar-refractivity contribution in [3.05, 3.63) is 34.4 Å². The van der Waals surface area contributed by atoms with E-state index in [0.717, 1.165) is 5.88 Å². The minimum Gasteiger partial charge on any atom is -0.508 e. The second-order valence-corrected chi connectivity index (χ2v) is 3.55. The number of nitro benzene ring substituents is 1. The van der Waals surface area contributed by atoms with Crippen LogP contribution < -0.4 is 0 Å². The molecular formula is C11H16ClNO3. The number of benzene rings is 1. The Hall–Kier alpha value is -1.29. The Bertz CT molecular complexity index is 297. The van der Waals surface area contributed by atoms with Crippen LogP contribution in [0.4, 0.5) is 5.69 Å². The third kappa shape index (κ3) is 7.06. The maximum absolute atomic E-state index is 10.0. The van der Waals surface area contributed by atoms with Crippen molar-refractivity contribution in [2.75, 3.05) is 5.88 Å². The fourth-order valence-corrected chi connectivity index (χ4v) is 1.11. The van der Waals surface area contributed by atoms with Crippen molar-refractivity contribution in [2.45, 2.75) is 26.2 Å². The summed E-state index contributed by atoms with van der Waals surface area (Å²) in [6, 6.07) is 5.04. The Kier molecular flexibility index (Phi) is 8.25. The third-order valence-corrected chi connectivity index (χ3v) is 2.06. The number of unbranched alkanes of at least 4 members (excludes halogenated alkanes) is 2. The van der Waals surface area contributed by atoms with Crippen molar-refractivity contribution >= 4 is 17.3 Å². The fraction of sp³-hybridized carbons (Fsp3) is 0.455. The predicted octanol–water partition coefficient (Wildman–Crippen LogP) is 3.72. The standard InChI is InChI=1S/C6H5NO3.C5H11Cl/c8-6-3-1-5(2-4-6)7(9)10;1-2-3-4-5-6/h1-4,8H;2-5H2,1H3. The SMILES string of the molecule is CCCCCCl.O=[N+]([O-])c1ccc(O)cc1. The van der Waals surface area contributed by atoms with Crippen LogP contribution in [0.5, 0.6) is 5.75 Å². The molecule has 0 fully saturated rings. The summed E-state index contributed by atoms with van der Waals surface area (Å²) < 4.78 is 0. The molecule has 0 saturated heterocycles. The van der Waals surface area contributed by atoms with Crippen LogP contribution in [0.25, 0.3) is 0 Å². The Morgan fingerprint density at radius 3 is 2.19 bits per heavy atom. The second-order valence-electron chi connectivity index (χ2n) is 3.17. The van der Waals surface area contributed by atoms with Gasteiger partial charge in [-0.15, -0.1) is 11.6 Å². The topological polar surface area (TPSA) is 63.4 Å².